The first-order chi connectivity index (χ1) is 8.08. The Morgan fingerprint density at radius 2 is 1.76 bits per heavy atom. The average molecular weight is 236 g/mol. The van der Waals surface area contributed by atoms with Gasteiger partial charge < -0.3 is 4.90 Å². The number of piperidine rings is 1. The van der Waals surface area contributed by atoms with E-state index in [-0.39, 0.29) is 17.7 Å². The summed E-state index contributed by atoms with van der Waals surface area (Å²) in [5.74, 6) is -0.0233. The number of hydrogen-bond donors (Lipinski definition) is 0. The van der Waals surface area contributed by atoms with Gasteiger partial charge in [0, 0.05) is 38.7 Å². The summed E-state index contributed by atoms with van der Waals surface area (Å²) in [7, 11) is 0. The van der Waals surface area contributed by atoms with Crippen molar-refractivity contribution in [3.63, 3.8) is 0 Å². The third-order valence-corrected chi connectivity index (χ3v) is 3.40. The van der Waals surface area contributed by atoms with Crippen molar-refractivity contribution in [2.45, 2.75) is 19.8 Å². The molecule has 2 heterocycles. The van der Waals surface area contributed by atoms with Crippen molar-refractivity contribution in [3.8, 4) is 0 Å². The summed E-state index contributed by atoms with van der Waals surface area (Å²) in [6.45, 7) is 3.50. The molecule has 92 valence electrons. The molecule has 0 radical (unpaired) electrons. The minimum absolute atomic E-state index is 0.0958. The maximum absolute atomic E-state index is 11.4. The number of rotatable bonds is 2. The van der Waals surface area contributed by atoms with E-state index in [9.17, 15) is 14.4 Å². The van der Waals surface area contributed by atoms with Gasteiger partial charge >= 0.3 is 0 Å². The van der Waals surface area contributed by atoms with Crippen LogP contribution in [0.5, 0.6) is 0 Å². The molecule has 2 aliphatic heterocycles. The predicted molar refractivity (Wildman–Crippen MR) is 60.8 cm³/mol. The lowest BCUT2D eigenvalue weighted by atomic mass is 9.96. The molecule has 2 rings (SSSR count). The van der Waals surface area contributed by atoms with E-state index in [2.05, 4.69) is 0 Å². The maximum atomic E-state index is 11.4. The molecule has 0 aromatic rings. The summed E-state index contributed by atoms with van der Waals surface area (Å²) in [6.07, 6.45) is 4.34. The van der Waals surface area contributed by atoms with Crippen LogP contribution < -0.4 is 0 Å². The monoisotopic (exact) mass is 236 g/mol. The molecule has 0 atom stereocenters. The van der Waals surface area contributed by atoms with Crippen LogP contribution in [0.1, 0.15) is 19.8 Å². The van der Waals surface area contributed by atoms with Crippen LogP contribution in [0.15, 0.2) is 12.2 Å². The van der Waals surface area contributed by atoms with Crippen LogP contribution in [0, 0.1) is 5.92 Å². The zero-order chi connectivity index (χ0) is 12.4. The van der Waals surface area contributed by atoms with Gasteiger partial charge in [-0.05, 0) is 18.8 Å². The minimum atomic E-state index is -0.219. The lowest BCUT2D eigenvalue weighted by molar-refractivity contribution is -0.138. The summed E-state index contributed by atoms with van der Waals surface area (Å²) in [4.78, 5) is 37.0. The fourth-order valence-corrected chi connectivity index (χ4v) is 2.30. The second-order valence-electron chi connectivity index (χ2n) is 4.57. The van der Waals surface area contributed by atoms with E-state index in [0.717, 1.165) is 25.9 Å². The van der Waals surface area contributed by atoms with Crippen LogP contribution >= 0.6 is 0 Å². The molecule has 0 saturated carbocycles. The molecule has 1 saturated heterocycles. The van der Waals surface area contributed by atoms with Crippen molar-refractivity contribution >= 4 is 17.7 Å². The largest absolute Gasteiger partial charge is 0.343 e. The number of carbonyl (C=O) groups is 3. The summed E-state index contributed by atoms with van der Waals surface area (Å²) in [5.41, 5.74) is 0. The Kier molecular flexibility index (Phi) is 3.26. The highest BCUT2D eigenvalue weighted by molar-refractivity contribution is 6.12. The molecule has 0 unspecified atom stereocenters. The topological polar surface area (TPSA) is 57.7 Å². The third-order valence-electron chi connectivity index (χ3n) is 3.40. The Morgan fingerprint density at radius 3 is 2.24 bits per heavy atom. The maximum Gasteiger partial charge on any atom is 0.253 e. The molecular weight excluding hydrogens is 220 g/mol. The minimum Gasteiger partial charge on any atom is -0.343 e. The Labute approximate surface area is 100 Å². The van der Waals surface area contributed by atoms with Gasteiger partial charge in [-0.25, -0.2) is 0 Å². The SMILES string of the molecule is CC(=O)N1CCC(CN2C(=O)C=CC2=O)CC1. The Bertz CT molecular complexity index is 363. The Hall–Kier alpha value is -1.65. The molecule has 5 heteroatoms. The molecule has 2 aliphatic rings. The van der Waals surface area contributed by atoms with Crippen molar-refractivity contribution in [2.24, 2.45) is 5.92 Å². The first-order valence-electron chi connectivity index (χ1n) is 5.87. The molecule has 5 nitrogen and oxygen atoms in total. The Morgan fingerprint density at radius 1 is 1.24 bits per heavy atom. The number of imide groups is 1. The van der Waals surface area contributed by atoms with Gasteiger partial charge in [0.2, 0.25) is 5.91 Å². The molecule has 0 bridgehead atoms. The summed E-state index contributed by atoms with van der Waals surface area (Å²) in [6, 6.07) is 0. The average Bonchev–Trinajstić information content (AvgIpc) is 2.61. The summed E-state index contributed by atoms with van der Waals surface area (Å²) in [5, 5.41) is 0. The van der Waals surface area contributed by atoms with E-state index in [0.29, 0.717) is 12.5 Å². The van der Waals surface area contributed by atoms with Crippen molar-refractivity contribution in [2.75, 3.05) is 19.6 Å². The second kappa shape index (κ2) is 4.69. The van der Waals surface area contributed by atoms with Gasteiger partial charge in [0.15, 0.2) is 0 Å². The van der Waals surface area contributed by atoms with Crippen molar-refractivity contribution in [3.05, 3.63) is 12.2 Å². The van der Waals surface area contributed by atoms with E-state index >= 15 is 0 Å². The highest BCUT2D eigenvalue weighted by atomic mass is 16.2. The second-order valence-corrected chi connectivity index (χ2v) is 4.57. The Balaban J connectivity index is 1.84. The standard InChI is InChI=1S/C12H16N2O3/c1-9(15)13-6-4-10(5-7-13)8-14-11(16)2-3-12(14)17/h2-3,10H,4-8H2,1H3. The zero-order valence-electron chi connectivity index (χ0n) is 9.89. The molecule has 0 aliphatic carbocycles. The molecule has 1 fully saturated rings. The molecule has 0 spiro atoms. The van der Waals surface area contributed by atoms with Crippen LogP contribution in [0.25, 0.3) is 0 Å². The molecular formula is C12H16N2O3. The first-order valence-corrected chi connectivity index (χ1v) is 5.87. The smallest absolute Gasteiger partial charge is 0.253 e. The van der Waals surface area contributed by atoms with Crippen LogP contribution in [-0.2, 0) is 14.4 Å². The van der Waals surface area contributed by atoms with E-state index < -0.39 is 0 Å². The lowest BCUT2D eigenvalue weighted by Crippen LogP contribution is -2.42. The van der Waals surface area contributed by atoms with Gasteiger partial charge in [0.1, 0.15) is 0 Å². The van der Waals surface area contributed by atoms with E-state index in [1.54, 1.807) is 6.92 Å². The highest BCUT2D eigenvalue weighted by Gasteiger charge is 2.28. The summed E-state index contributed by atoms with van der Waals surface area (Å²) >= 11 is 0. The summed E-state index contributed by atoms with van der Waals surface area (Å²) < 4.78 is 0. The van der Waals surface area contributed by atoms with Gasteiger partial charge in [0.25, 0.3) is 11.8 Å². The lowest BCUT2D eigenvalue weighted by Gasteiger charge is -2.32. The predicted octanol–water partition coefficient (Wildman–Crippen LogP) is 0.170. The van der Waals surface area contributed by atoms with E-state index in [4.69, 9.17) is 0 Å². The van der Waals surface area contributed by atoms with Crippen molar-refractivity contribution < 1.29 is 14.4 Å². The fraction of sp³-hybridized carbons (Fsp3) is 0.583. The van der Waals surface area contributed by atoms with Gasteiger partial charge in [-0.3, -0.25) is 19.3 Å². The number of amides is 3. The first kappa shape index (κ1) is 11.8. The normalized spacial score (nSPS) is 21.5. The van der Waals surface area contributed by atoms with Crippen LogP contribution in [0.4, 0.5) is 0 Å². The third kappa shape index (κ3) is 2.54. The number of likely N-dealkylation sites (tertiary alicyclic amines) is 1. The fourth-order valence-electron chi connectivity index (χ4n) is 2.30. The van der Waals surface area contributed by atoms with E-state index in [1.807, 2.05) is 4.90 Å². The zero-order valence-corrected chi connectivity index (χ0v) is 9.89. The molecule has 0 aromatic carbocycles. The number of carbonyl (C=O) groups excluding carboxylic acids is 3. The van der Waals surface area contributed by atoms with E-state index in [1.165, 1.54) is 17.1 Å². The van der Waals surface area contributed by atoms with Gasteiger partial charge in [-0.2, -0.15) is 0 Å². The molecule has 3 amide bonds. The highest BCUT2D eigenvalue weighted by Crippen LogP contribution is 2.20. The van der Waals surface area contributed by atoms with Gasteiger partial charge in [-0.1, -0.05) is 0 Å². The van der Waals surface area contributed by atoms with Crippen molar-refractivity contribution in [1.29, 1.82) is 0 Å². The number of hydrogen-bond acceptors (Lipinski definition) is 3. The van der Waals surface area contributed by atoms with Crippen LogP contribution in [0.3, 0.4) is 0 Å². The van der Waals surface area contributed by atoms with Crippen molar-refractivity contribution in [1.82, 2.24) is 9.80 Å². The van der Waals surface area contributed by atoms with Crippen LogP contribution in [-0.4, -0.2) is 47.2 Å². The van der Waals surface area contributed by atoms with Gasteiger partial charge in [0.05, 0.1) is 0 Å². The molecule has 0 N–H and O–H groups in total. The number of nitrogens with zero attached hydrogens (tertiary/aromatic N) is 2. The quantitative estimate of drug-likeness (QED) is 0.642. The van der Waals surface area contributed by atoms with Gasteiger partial charge in [-0.15, -0.1) is 0 Å². The van der Waals surface area contributed by atoms with Crippen LogP contribution in [0.2, 0.25) is 0 Å². The molecule has 0 aromatic heterocycles. The molecule has 17 heavy (non-hydrogen) atoms.